The van der Waals surface area contributed by atoms with E-state index in [2.05, 4.69) is 24.8 Å². The Bertz CT molecular complexity index is 867. The Labute approximate surface area is 161 Å². The molecular weight excluding hydrogens is 391 g/mol. The number of nitrogens with zero attached hydrogens (tertiary/aromatic N) is 2. The summed E-state index contributed by atoms with van der Waals surface area (Å²) >= 11 is 6.18. The maximum absolute atomic E-state index is 13.1. The molecule has 26 heavy (non-hydrogen) atoms. The third-order valence-electron chi connectivity index (χ3n) is 3.70. The number of ether oxygens (including phenoxy) is 1. The van der Waals surface area contributed by atoms with Crippen LogP contribution in [0, 0.1) is 6.92 Å². The summed E-state index contributed by atoms with van der Waals surface area (Å²) in [7, 11) is 0.530. The molecule has 140 valence electrons. The molecule has 2 radical (unpaired) electrons. The number of aromatic nitrogens is 1. The molecule has 0 atom stereocenters. The van der Waals surface area contributed by atoms with Gasteiger partial charge in [0, 0.05) is 14.7 Å². The fourth-order valence-electron chi connectivity index (χ4n) is 2.11. The molecule has 0 unspecified atom stereocenters. The van der Waals surface area contributed by atoms with Crippen LogP contribution in [0.5, 0.6) is 0 Å². The van der Waals surface area contributed by atoms with Gasteiger partial charge in [-0.15, -0.1) is 0 Å². The van der Waals surface area contributed by atoms with E-state index in [4.69, 9.17) is 28.7 Å². The molecule has 0 aliphatic carbocycles. The summed E-state index contributed by atoms with van der Waals surface area (Å²) in [6.07, 6.45) is 0. The van der Waals surface area contributed by atoms with Gasteiger partial charge in [0.1, 0.15) is 19.6 Å². The van der Waals surface area contributed by atoms with Crippen LogP contribution < -0.4 is 9.77 Å². The monoisotopic (exact) mass is 412 g/mol. The summed E-state index contributed by atoms with van der Waals surface area (Å²) in [4.78, 5) is -0.0366. The van der Waals surface area contributed by atoms with E-state index in [0.29, 0.717) is 12.4 Å². The Hall–Kier alpha value is -1.29. The van der Waals surface area contributed by atoms with Crippen molar-refractivity contribution in [3.63, 3.8) is 0 Å². The van der Waals surface area contributed by atoms with Gasteiger partial charge in [-0.1, -0.05) is 60.1 Å². The van der Waals surface area contributed by atoms with Gasteiger partial charge in [-0.3, -0.25) is 0 Å². The number of aryl methyl sites for hydroxylation is 1. The van der Waals surface area contributed by atoms with Crippen LogP contribution in [0.2, 0.25) is 30.7 Å². The van der Waals surface area contributed by atoms with Crippen molar-refractivity contribution in [3.8, 4) is 0 Å². The maximum atomic E-state index is 13.1. The minimum absolute atomic E-state index is 0.0135. The smallest absolute Gasteiger partial charge is 0.266 e. The predicted molar refractivity (Wildman–Crippen MR) is 107 cm³/mol. The maximum Gasteiger partial charge on any atom is 0.266 e. The van der Waals surface area contributed by atoms with Crippen LogP contribution in [-0.4, -0.2) is 42.8 Å². The zero-order chi connectivity index (χ0) is 19.5. The van der Waals surface area contributed by atoms with Crippen molar-refractivity contribution in [3.05, 3.63) is 35.0 Å². The fourth-order valence-corrected chi connectivity index (χ4v) is 4.51. The van der Waals surface area contributed by atoms with Crippen LogP contribution in [0.4, 0.5) is 5.82 Å². The molecule has 0 bridgehead atoms. The third kappa shape index (κ3) is 4.91. The van der Waals surface area contributed by atoms with Crippen molar-refractivity contribution in [1.82, 2.24) is 5.16 Å². The van der Waals surface area contributed by atoms with E-state index in [1.165, 1.54) is 12.1 Å². The molecular formula is C16H22BClN2O4SSi. The van der Waals surface area contributed by atoms with Gasteiger partial charge in [0.05, 0.1) is 4.90 Å². The fraction of sp³-hybridized carbons (Fsp3) is 0.438. The summed E-state index contributed by atoms with van der Waals surface area (Å²) in [5, 5.41) is 3.91. The molecule has 0 saturated carbocycles. The van der Waals surface area contributed by atoms with Gasteiger partial charge in [0.15, 0.2) is 5.76 Å². The zero-order valence-electron chi connectivity index (χ0n) is 15.3. The van der Waals surface area contributed by atoms with Crippen LogP contribution in [0.15, 0.2) is 33.7 Å². The van der Waals surface area contributed by atoms with Crippen LogP contribution in [0.3, 0.4) is 0 Å². The van der Waals surface area contributed by atoms with Crippen LogP contribution in [0.25, 0.3) is 0 Å². The molecule has 0 aliphatic heterocycles. The van der Waals surface area contributed by atoms with Crippen LogP contribution in [-0.2, 0) is 14.8 Å². The molecule has 10 heteroatoms. The van der Waals surface area contributed by atoms with E-state index in [0.717, 1.165) is 10.3 Å². The van der Waals surface area contributed by atoms with Gasteiger partial charge < -0.3 is 9.26 Å². The first-order valence-corrected chi connectivity index (χ1v) is 13.6. The molecule has 1 heterocycles. The molecule has 2 aromatic rings. The quantitative estimate of drug-likeness (QED) is 0.379. The first kappa shape index (κ1) is 21.0. The highest BCUT2D eigenvalue weighted by molar-refractivity contribution is 7.93. The number of hydrogen-bond donors (Lipinski definition) is 0. The number of anilines is 1. The number of sulfonamides is 1. The second-order valence-corrected chi connectivity index (χ2v) is 14.9. The lowest BCUT2D eigenvalue weighted by Gasteiger charge is -2.24. The van der Waals surface area contributed by atoms with E-state index in [1.807, 2.05) is 0 Å². The second kappa shape index (κ2) is 8.16. The van der Waals surface area contributed by atoms with Gasteiger partial charge in [-0.25, -0.2) is 12.7 Å². The van der Waals surface area contributed by atoms with Crippen molar-refractivity contribution in [2.45, 2.75) is 37.5 Å². The second-order valence-electron chi connectivity index (χ2n) is 7.12. The number of rotatable bonds is 8. The predicted octanol–water partition coefficient (Wildman–Crippen LogP) is 2.94. The molecule has 0 amide bonds. The third-order valence-corrected chi connectivity index (χ3v) is 7.63. The average molecular weight is 413 g/mol. The van der Waals surface area contributed by atoms with Gasteiger partial charge in [0.2, 0.25) is 5.82 Å². The van der Waals surface area contributed by atoms with Gasteiger partial charge in [-0.05, 0) is 19.0 Å². The van der Waals surface area contributed by atoms with Crippen molar-refractivity contribution in [1.29, 1.82) is 0 Å². The Kier molecular flexibility index (Phi) is 6.60. The molecule has 0 aliphatic rings. The Morgan fingerprint density at radius 2 is 1.96 bits per heavy atom. The summed E-state index contributed by atoms with van der Waals surface area (Å²) in [6.45, 7) is 8.47. The highest BCUT2D eigenvalue weighted by Crippen LogP contribution is 2.31. The molecule has 1 aromatic carbocycles. The van der Waals surface area contributed by atoms with E-state index in [-0.39, 0.29) is 27.9 Å². The first-order valence-electron chi connectivity index (χ1n) is 8.11. The lowest BCUT2D eigenvalue weighted by Crippen LogP contribution is -2.37. The highest BCUT2D eigenvalue weighted by atomic mass is 35.5. The molecule has 6 nitrogen and oxygen atoms in total. The van der Waals surface area contributed by atoms with E-state index in [1.54, 1.807) is 19.1 Å². The highest BCUT2D eigenvalue weighted by Gasteiger charge is 2.31. The molecule has 1 aromatic heterocycles. The standard InChI is InChI=1S/C16H22BClN2O4SSi/c1-12-15(18)16(19-24-12)20(11-23-9-10-26(2,3)4)25(21,22)14-8-6-5-7-13(14)17/h5-8H,9-11H2,1-4H3. The Morgan fingerprint density at radius 3 is 2.50 bits per heavy atom. The molecule has 0 N–H and O–H groups in total. The lowest BCUT2D eigenvalue weighted by molar-refractivity contribution is 0.155. The number of benzene rings is 1. The Morgan fingerprint density at radius 1 is 1.31 bits per heavy atom. The zero-order valence-corrected chi connectivity index (χ0v) is 17.9. The largest absolute Gasteiger partial charge is 0.360 e. The average Bonchev–Trinajstić information content (AvgIpc) is 2.86. The minimum atomic E-state index is -4.02. The van der Waals surface area contributed by atoms with E-state index >= 15 is 0 Å². The number of halogens is 1. The summed E-state index contributed by atoms with van der Waals surface area (Å²) in [6, 6.07) is 7.12. The van der Waals surface area contributed by atoms with Gasteiger partial charge >= 0.3 is 0 Å². The first-order chi connectivity index (χ1) is 12.0. The molecule has 0 fully saturated rings. The van der Waals surface area contributed by atoms with Crippen molar-refractivity contribution in [2.75, 3.05) is 17.6 Å². The number of hydrogen-bond acceptors (Lipinski definition) is 5. The molecule has 0 spiro atoms. The van der Waals surface area contributed by atoms with Crippen molar-refractivity contribution in [2.24, 2.45) is 0 Å². The lowest BCUT2D eigenvalue weighted by atomic mass is 9.97. The van der Waals surface area contributed by atoms with Crippen molar-refractivity contribution < 1.29 is 17.7 Å². The van der Waals surface area contributed by atoms with Crippen LogP contribution in [0.1, 0.15) is 5.76 Å². The summed E-state index contributed by atoms with van der Waals surface area (Å²) in [5.41, 5.74) is 0.135. The topological polar surface area (TPSA) is 72.6 Å². The van der Waals surface area contributed by atoms with Crippen molar-refractivity contribution >= 4 is 48.8 Å². The minimum Gasteiger partial charge on any atom is -0.360 e. The van der Waals surface area contributed by atoms with E-state index < -0.39 is 18.1 Å². The molecule has 2 rings (SSSR count). The normalized spacial score (nSPS) is 12.3. The van der Waals surface area contributed by atoms with Gasteiger partial charge in [0.25, 0.3) is 10.0 Å². The van der Waals surface area contributed by atoms with Crippen LogP contribution >= 0.6 is 11.6 Å². The van der Waals surface area contributed by atoms with Gasteiger partial charge in [-0.2, -0.15) is 0 Å². The SMILES string of the molecule is [B]c1ccccc1S(=O)(=O)N(COCC[Si](C)(C)C)c1noc(C)c1Cl. The van der Waals surface area contributed by atoms with E-state index in [9.17, 15) is 8.42 Å². The summed E-state index contributed by atoms with van der Waals surface area (Å²) < 4.78 is 37.9. The summed E-state index contributed by atoms with van der Waals surface area (Å²) in [5.74, 6) is 0.311. The Balaban J connectivity index is 2.35. The molecule has 0 saturated heterocycles.